The van der Waals surface area contributed by atoms with Crippen molar-refractivity contribution in [1.82, 2.24) is 9.55 Å². The molecule has 0 bridgehead atoms. The van der Waals surface area contributed by atoms with E-state index in [1.165, 1.54) is 28.0 Å². The summed E-state index contributed by atoms with van der Waals surface area (Å²) in [7, 11) is 0. The van der Waals surface area contributed by atoms with Crippen molar-refractivity contribution >= 4 is 11.8 Å². The maximum atomic E-state index is 4.24. The molecule has 0 saturated heterocycles. The van der Waals surface area contributed by atoms with Crippen LogP contribution in [0.25, 0.3) is 11.8 Å². The van der Waals surface area contributed by atoms with Gasteiger partial charge in [-0.05, 0) is 0 Å². The monoisotopic (exact) mass is 392 g/mol. The van der Waals surface area contributed by atoms with Crippen LogP contribution in [0.5, 0.6) is 0 Å². The summed E-state index contributed by atoms with van der Waals surface area (Å²) in [5.74, 6) is 0. The number of imidazole rings is 1. The first-order valence-electron chi connectivity index (χ1n) is 7.66. The molecule has 0 N–H and O–H groups in total. The van der Waals surface area contributed by atoms with E-state index < -0.39 is 0 Å². The molecule has 1 heterocycles. The summed E-state index contributed by atoms with van der Waals surface area (Å²) in [4.78, 5) is 4.24. The van der Waals surface area contributed by atoms with Gasteiger partial charge in [-0.15, -0.1) is 0 Å². The number of nitrogens with zero attached hydrogens (tertiary/aromatic N) is 2. The van der Waals surface area contributed by atoms with Gasteiger partial charge in [0.05, 0.1) is 0 Å². The standard InChI is InChI=1S/C12H9N2.C7H9.2ClH.Ti/c1-2-4-11-8-12(7-10(11)3-1)14-6-5-13-9-14;1-6-4-3-5-7(6)2;;;/h1-9H;4H,3H2,1-2H3;2*1H;/q;;;;+2/p-2. The number of fused-ring (bicyclic) bond motifs is 1. The molecule has 24 heavy (non-hydrogen) atoms. The Hall–Kier alpha value is -1.06. The van der Waals surface area contributed by atoms with Crippen LogP contribution in [0, 0.1) is 0 Å². The number of allylic oxidation sites excluding steroid dienone is 5. The molecule has 1 aromatic heterocycles. The van der Waals surface area contributed by atoms with E-state index in [0.717, 1.165) is 6.42 Å². The minimum absolute atomic E-state index is 0. The number of aromatic nitrogens is 2. The summed E-state index contributed by atoms with van der Waals surface area (Å²) in [5.41, 5.74) is 7.27. The van der Waals surface area contributed by atoms with E-state index in [1.54, 1.807) is 3.88 Å². The fraction of sp³-hybridized carbons (Fsp3) is 0.211. The van der Waals surface area contributed by atoms with Crippen LogP contribution in [0.15, 0.2) is 64.1 Å². The van der Waals surface area contributed by atoms with Crippen molar-refractivity contribution in [2.75, 3.05) is 0 Å². The molecular weight excluding hydrogens is 375 g/mol. The van der Waals surface area contributed by atoms with Crippen molar-refractivity contribution < 1.29 is 44.0 Å². The second-order valence-corrected chi connectivity index (χ2v) is 8.24. The van der Waals surface area contributed by atoms with Crippen molar-refractivity contribution in [2.45, 2.75) is 24.5 Å². The van der Waals surface area contributed by atoms with Crippen molar-refractivity contribution in [2.24, 2.45) is 0 Å². The first-order chi connectivity index (χ1) is 10.7. The molecule has 0 fully saturated rings. The van der Waals surface area contributed by atoms with Gasteiger partial charge in [-0.2, -0.15) is 0 Å². The van der Waals surface area contributed by atoms with E-state index in [9.17, 15) is 0 Å². The van der Waals surface area contributed by atoms with E-state index in [0.29, 0.717) is 4.22 Å². The molecule has 0 spiro atoms. The van der Waals surface area contributed by atoms with Gasteiger partial charge in [0.25, 0.3) is 0 Å². The fourth-order valence-corrected chi connectivity index (χ4v) is 6.02. The molecule has 0 aliphatic heterocycles. The van der Waals surface area contributed by atoms with Gasteiger partial charge in [0.15, 0.2) is 0 Å². The fourth-order valence-electron chi connectivity index (χ4n) is 3.24. The van der Waals surface area contributed by atoms with Gasteiger partial charge in [0.2, 0.25) is 0 Å². The predicted octanol–water partition coefficient (Wildman–Crippen LogP) is -1.35. The third-order valence-corrected chi connectivity index (χ3v) is 7.53. The SMILES string of the molecule is CC1=CC[C]([Ti+2][CH]2C(n3ccnc3)=Cc3ccccc32)=C1C.[Cl-].[Cl-]. The molecule has 2 aliphatic rings. The van der Waals surface area contributed by atoms with Crippen molar-refractivity contribution in [1.29, 1.82) is 0 Å². The largest absolute Gasteiger partial charge is 1.00 e. The summed E-state index contributed by atoms with van der Waals surface area (Å²) in [5, 5.41) is 0. The normalized spacial score (nSPS) is 18.2. The summed E-state index contributed by atoms with van der Waals surface area (Å²) in [6.45, 7) is 4.53. The van der Waals surface area contributed by atoms with E-state index in [4.69, 9.17) is 0 Å². The van der Waals surface area contributed by atoms with Gasteiger partial charge >= 0.3 is 140 Å². The summed E-state index contributed by atoms with van der Waals surface area (Å²) >= 11 is -0.235. The van der Waals surface area contributed by atoms with Gasteiger partial charge in [-0.1, -0.05) is 0 Å². The first kappa shape index (κ1) is 19.3. The number of benzene rings is 1. The van der Waals surface area contributed by atoms with Gasteiger partial charge in [-0.3, -0.25) is 0 Å². The Balaban J connectivity index is 0.00000104. The average molecular weight is 393 g/mol. The zero-order chi connectivity index (χ0) is 15.1. The Labute approximate surface area is 164 Å². The maximum Gasteiger partial charge on any atom is -1.00 e. The minimum Gasteiger partial charge on any atom is -1.00 e. The van der Waals surface area contributed by atoms with Crippen molar-refractivity contribution in [3.8, 4) is 0 Å². The van der Waals surface area contributed by atoms with Crippen LogP contribution < -0.4 is 24.8 Å². The zero-order valence-corrected chi connectivity index (χ0v) is 16.7. The van der Waals surface area contributed by atoms with E-state index >= 15 is 0 Å². The number of halogens is 2. The second-order valence-electron chi connectivity index (χ2n) is 5.94. The molecule has 0 radical (unpaired) electrons. The topological polar surface area (TPSA) is 17.8 Å². The Morgan fingerprint density at radius 3 is 2.62 bits per heavy atom. The van der Waals surface area contributed by atoms with Crippen LogP contribution in [-0.4, -0.2) is 9.55 Å². The van der Waals surface area contributed by atoms with Crippen LogP contribution in [0.2, 0.25) is 0 Å². The van der Waals surface area contributed by atoms with Crippen LogP contribution in [0.3, 0.4) is 0 Å². The number of hydrogen-bond acceptors (Lipinski definition) is 1. The summed E-state index contributed by atoms with van der Waals surface area (Å²) in [6, 6.07) is 8.84. The molecule has 0 amide bonds. The Morgan fingerprint density at radius 1 is 1.17 bits per heavy atom. The maximum absolute atomic E-state index is 4.24. The molecule has 122 valence electrons. The average Bonchev–Trinajstić information content (AvgIpc) is 3.23. The summed E-state index contributed by atoms with van der Waals surface area (Å²) < 4.78 is 4.44. The van der Waals surface area contributed by atoms with Crippen LogP contribution >= 0.6 is 0 Å². The van der Waals surface area contributed by atoms with E-state index in [2.05, 4.69) is 66.0 Å². The number of rotatable bonds is 3. The molecule has 1 aromatic carbocycles. The smallest absolute Gasteiger partial charge is 1.00 e. The first-order valence-corrected chi connectivity index (χ1v) is 9.34. The molecule has 2 nitrogen and oxygen atoms in total. The van der Waals surface area contributed by atoms with Crippen LogP contribution in [-0.2, 0) is 19.2 Å². The Bertz CT molecular complexity index is 820. The molecule has 1 atom stereocenters. The van der Waals surface area contributed by atoms with Gasteiger partial charge in [0.1, 0.15) is 0 Å². The molecular formula is C19H18Cl2N2Ti. The third kappa shape index (κ3) is 3.34. The second kappa shape index (κ2) is 7.88. The van der Waals surface area contributed by atoms with Crippen LogP contribution in [0.4, 0.5) is 0 Å². The van der Waals surface area contributed by atoms with E-state index in [-0.39, 0.29) is 44.0 Å². The minimum atomic E-state index is -0.235. The number of hydrogen-bond donors (Lipinski definition) is 0. The summed E-state index contributed by atoms with van der Waals surface area (Å²) in [6.07, 6.45) is 11.7. The van der Waals surface area contributed by atoms with E-state index in [1.807, 2.05) is 12.5 Å². The van der Waals surface area contributed by atoms with Crippen molar-refractivity contribution in [3.63, 3.8) is 0 Å². The molecule has 2 aromatic rings. The molecule has 1 unspecified atom stereocenters. The molecule has 4 rings (SSSR count). The van der Waals surface area contributed by atoms with Gasteiger partial charge in [-0.25, -0.2) is 0 Å². The predicted molar refractivity (Wildman–Crippen MR) is 86.7 cm³/mol. The van der Waals surface area contributed by atoms with Crippen LogP contribution in [0.1, 0.15) is 35.6 Å². The molecule has 2 aliphatic carbocycles. The molecule has 0 saturated carbocycles. The van der Waals surface area contributed by atoms with Gasteiger partial charge < -0.3 is 24.8 Å². The Kier molecular flexibility index (Phi) is 6.33. The zero-order valence-electron chi connectivity index (χ0n) is 13.6. The molecule has 5 heteroatoms. The quantitative estimate of drug-likeness (QED) is 0.590. The van der Waals surface area contributed by atoms with Crippen molar-refractivity contribution in [3.05, 3.63) is 75.2 Å². The Morgan fingerprint density at radius 2 is 1.96 bits per heavy atom. The third-order valence-electron chi connectivity index (χ3n) is 4.68. The van der Waals surface area contributed by atoms with Gasteiger partial charge in [0, 0.05) is 0 Å².